The number of rotatable bonds is 4. The van der Waals surface area contributed by atoms with Crippen LogP contribution >= 0.6 is 11.6 Å². The van der Waals surface area contributed by atoms with Crippen molar-refractivity contribution in [2.75, 3.05) is 11.2 Å². The maximum Gasteiger partial charge on any atom is 0.320 e. The Morgan fingerprint density at radius 3 is 2.88 bits per heavy atom. The molecule has 0 radical (unpaired) electrons. The molecule has 2 aromatic rings. The van der Waals surface area contributed by atoms with Gasteiger partial charge in [0.25, 0.3) is 0 Å². The zero-order valence-corrected chi connectivity index (χ0v) is 10.6. The monoisotopic (exact) mass is 251 g/mol. The van der Waals surface area contributed by atoms with Crippen molar-refractivity contribution in [1.29, 1.82) is 0 Å². The molecule has 1 N–H and O–H groups in total. The number of nitrogens with zero attached hydrogens (tertiary/aromatic N) is 2. The van der Waals surface area contributed by atoms with Crippen LogP contribution in [0.1, 0.15) is 17.0 Å². The topological polar surface area (TPSA) is 51.0 Å². The summed E-state index contributed by atoms with van der Waals surface area (Å²) in [5.41, 5.74) is 3.37. The van der Waals surface area contributed by atoms with Crippen LogP contribution < -0.4 is 5.32 Å². The minimum atomic E-state index is 0.402. The van der Waals surface area contributed by atoms with Gasteiger partial charge in [0.05, 0.1) is 0 Å². The van der Waals surface area contributed by atoms with E-state index in [0.717, 1.165) is 5.69 Å². The Balaban J connectivity index is 2.16. The van der Waals surface area contributed by atoms with Gasteiger partial charge < -0.3 is 9.73 Å². The Kier molecular flexibility index (Phi) is 3.64. The molecule has 0 unspecified atom stereocenters. The molecule has 0 fully saturated rings. The molecule has 17 heavy (non-hydrogen) atoms. The van der Waals surface area contributed by atoms with Gasteiger partial charge in [0.2, 0.25) is 5.89 Å². The molecule has 0 atom stereocenters. The van der Waals surface area contributed by atoms with Gasteiger partial charge in [-0.1, -0.05) is 17.2 Å². The van der Waals surface area contributed by atoms with Crippen molar-refractivity contribution >= 4 is 23.3 Å². The van der Waals surface area contributed by atoms with Crippen LogP contribution in [0.2, 0.25) is 0 Å². The smallest absolute Gasteiger partial charge is 0.320 e. The summed E-state index contributed by atoms with van der Waals surface area (Å²) >= 11 is 5.60. The van der Waals surface area contributed by atoms with E-state index in [1.165, 1.54) is 11.1 Å². The SMILES string of the molecule is Cc1cccc(Nc2nnc(CCCl)o2)c1C. The highest BCUT2D eigenvalue weighted by Gasteiger charge is 2.07. The van der Waals surface area contributed by atoms with E-state index >= 15 is 0 Å². The van der Waals surface area contributed by atoms with Crippen molar-refractivity contribution in [1.82, 2.24) is 10.2 Å². The average molecular weight is 252 g/mol. The van der Waals surface area contributed by atoms with Crippen LogP contribution in [0.5, 0.6) is 0 Å². The lowest BCUT2D eigenvalue weighted by atomic mass is 10.1. The first-order chi connectivity index (χ1) is 8.20. The summed E-state index contributed by atoms with van der Waals surface area (Å²) in [6.07, 6.45) is 0.586. The number of hydrogen-bond donors (Lipinski definition) is 1. The molecule has 5 heteroatoms. The summed E-state index contributed by atoms with van der Waals surface area (Å²) < 4.78 is 5.41. The predicted molar refractivity (Wildman–Crippen MR) is 67.9 cm³/mol. The summed E-state index contributed by atoms with van der Waals surface area (Å²) in [4.78, 5) is 0. The molecule has 0 aliphatic heterocycles. The summed E-state index contributed by atoms with van der Waals surface area (Å²) in [7, 11) is 0. The van der Waals surface area contributed by atoms with Crippen LogP contribution in [0.15, 0.2) is 22.6 Å². The number of benzene rings is 1. The van der Waals surface area contributed by atoms with Crippen molar-refractivity contribution in [3.63, 3.8) is 0 Å². The van der Waals surface area contributed by atoms with Gasteiger partial charge in [0.1, 0.15) is 0 Å². The van der Waals surface area contributed by atoms with Crippen LogP contribution in [-0.4, -0.2) is 16.1 Å². The van der Waals surface area contributed by atoms with Gasteiger partial charge in [0.15, 0.2) is 0 Å². The molecule has 0 amide bonds. The second kappa shape index (κ2) is 5.19. The lowest BCUT2D eigenvalue weighted by Gasteiger charge is -2.07. The fraction of sp³-hybridized carbons (Fsp3) is 0.333. The summed E-state index contributed by atoms with van der Waals surface area (Å²) in [5, 5.41) is 10.9. The summed E-state index contributed by atoms with van der Waals surface area (Å²) in [5.74, 6) is 1.03. The van der Waals surface area contributed by atoms with Gasteiger partial charge >= 0.3 is 6.01 Å². The van der Waals surface area contributed by atoms with Crippen molar-refractivity contribution in [3.8, 4) is 0 Å². The number of alkyl halides is 1. The molecule has 0 saturated heterocycles. The standard InChI is InChI=1S/C12H14ClN3O/c1-8-4-3-5-10(9(8)2)14-12-16-15-11(17-12)6-7-13/h3-5H,6-7H2,1-2H3,(H,14,16). The quantitative estimate of drug-likeness (QED) is 0.848. The Hall–Kier alpha value is -1.55. The van der Waals surface area contributed by atoms with E-state index in [1.807, 2.05) is 19.1 Å². The van der Waals surface area contributed by atoms with E-state index in [-0.39, 0.29) is 0 Å². The lowest BCUT2D eigenvalue weighted by Crippen LogP contribution is -1.94. The predicted octanol–water partition coefficient (Wildman–Crippen LogP) is 3.21. The lowest BCUT2D eigenvalue weighted by molar-refractivity contribution is 0.516. The maximum atomic E-state index is 5.60. The first-order valence-corrected chi connectivity index (χ1v) is 5.95. The second-order valence-electron chi connectivity index (χ2n) is 3.81. The van der Waals surface area contributed by atoms with Crippen LogP contribution in [0.25, 0.3) is 0 Å². The van der Waals surface area contributed by atoms with E-state index in [9.17, 15) is 0 Å². The molecule has 90 valence electrons. The summed E-state index contributed by atoms with van der Waals surface area (Å²) in [6, 6.07) is 6.43. The Morgan fingerprint density at radius 2 is 2.12 bits per heavy atom. The highest BCUT2D eigenvalue weighted by molar-refractivity contribution is 6.17. The zero-order chi connectivity index (χ0) is 12.3. The number of hydrogen-bond acceptors (Lipinski definition) is 4. The number of aromatic nitrogens is 2. The number of halogens is 1. The van der Waals surface area contributed by atoms with Gasteiger partial charge in [0, 0.05) is 18.0 Å². The van der Waals surface area contributed by atoms with Gasteiger partial charge in [-0.25, -0.2) is 0 Å². The molecular formula is C12H14ClN3O. The Labute approximate surface area is 105 Å². The fourth-order valence-corrected chi connectivity index (χ4v) is 1.65. The minimum absolute atomic E-state index is 0.402. The first kappa shape index (κ1) is 11.9. The fourth-order valence-electron chi connectivity index (χ4n) is 1.49. The van der Waals surface area contributed by atoms with E-state index in [0.29, 0.717) is 24.2 Å². The molecular weight excluding hydrogens is 238 g/mol. The number of nitrogens with one attached hydrogen (secondary N) is 1. The summed E-state index contributed by atoms with van der Waals surface area (Å²) in [6.45, 7) is 4.11. The van der Waals surface area contributed by atoms with E-state index < -0.39 is 0 Å². The zero-order valence-electron chi connectivity index (χ0n) is 9.83. The highest BCUT2D eigenvalue weighted by Crippen LogP contribution is 2.21. The molecule has 1 heterocycles. The van der Waals surface area contributed by atoms with Crippen molar-refractivity contribution in [3.05, 3.63) is 35.2 Å². The van der Waals surface area contributed by atoms with E-state index in [4.69, 9.17) is 16.0 Å². The maximum absolute atomic E-state index is 5.60. The van der Waals surface area contributed by atoms with Gasteiger partial charge in [-0.3, -0.25) is 0 Å². The molecule has 0 saturated carbocycles. The highest BCUT2D eigenvalue weighted by atomic mass is 35.5. The van der Waals surface area contributed by atoms with Crippen LogP contribution in [-0.2, 0) is 6.42 Å². The largest absolute Gasteiger partial charge is 0.408 e. The van der Waals surface area contributed by atoms with E-state index in [1.54, 1.807) is 0 Å². The van der Waals surface area contributed by atoms with Crippen molar-refractivity contribution in [2.24, 2.45) is 0 Å². The molecule has 0 aliphatic carbocycles. The molecule has 2 rings (SSSR count). The first-order valence-electron chi connectivity index (χ1n) is 5.42. The molecule has 1 aromatic carbocycles. The van der Waals surface area contributed by atoms with Crippen molar-refractivity contribution < 1.29 is 4.42 Å². The Bertz CT molecular complexity index is 510. The van der Waals surface area contributed by atoms with Crippen molar-refractivity contribution in [2.45, 2.75) is 20.3 Å². The van der Waals surface area contributed by atoms with Gasteiger partial charge in [-0.05, 0) is 31.0 Å². The van der Waals surface area contributed by atoms with Gasteiger partial charge in [-0.15, -0.1) is 16.7 Å². The minimum Gasteiger partial charge on any atom is -0.408 e. The van der Waals surface area contributed by atoms with Gasteiger partial charge in [-0.2, -0.15) is 0 Å². The van der Waals surface area contributed by atoms with Crippen LogP contribution in [0, 0.1) is 13.8 Å². The molecule has 4 nitrogen and oxygen atoms in total. The molecule has 1 aromatic heterocycles. The Morgan fingerprint density at radius 1 is 1.29 bits per heavy atom. The molecule has 0 aliphatic rings. The third kappa shape index (κ3) is 2.77. The average Bonchev–Trinajstić information content (AvgIpc) is 2.73. The molecule has 0 bridgehead atoms. The third-order valence-electron chi connectivity index (χ3n) is 2.62. The van der Waals surface area contributed by atoms with E-state index in [2.05, 4.69) is 28.5 Å². The molecule has 0 spiro atoms. The third-order valence-corrected chi connectivity index (χ3v) is 2.81. The number of aryl methyl sites for hydroxylation is 2. The second-order valence-corrected chi connectivity index (χ2v) is 4.19. The van der Waals surface area contributed by atoms with Crippen LogP contribution in [0.4, 0.5) is 11.7 Å². The number of anilines is 2. The van der Waals surface area contributed by atoms with Crippen LogP contribution in [0.3, 0.4) is 0 Å². The normalized spacial score (nSPS) is 10.5.